The molecule has 1 N–H and O–H groups in total. The van der Waals surface area contributed by atoms with Gasteiger partial charge in [0.1, 0.15) is 6.61 Å². The number of imide groups is 1. The summed E-state index contributed by atoms with van der Waals surface area (Å²) >= 11 is 0.841. The van der Waals surface area contributed by atoms with Crippen LogP contribution in [0.3, 0.4) is 0 Å². The van der Waals surface area contributed by atoms with Crippen molar-refractivity contribution in [2.24, 2.45) is 5.41 Å². The van der Waals surface area contributed by atoms with Gasteiger partial charge in [-0.05, 0) is 35.5 Å². The summed E-state index contributed by atoms with van der Waals surface area (Å²) in [6, 6.07) is 20.7. The number of anilines is 1. The molecule has 9 nitrogen and oxygen atoms in total. The smallest absolute Gasteiger partial charge is 0.290 e. The maximum atomic E-state index is 12.7. The molecule has 3 aliphatic heterocycles. The molecule has 6 rings (SSSR count). The maximum Gasteiger partial charge on any atom is 0.290 e. The average Bonchev–Trinajstić information content (AvgIpc) is 3.18. The molecule has 1 spiro atoms. The van der Waals surface area contributed by atoms with Crippen molar-refractivity contribution in [3.05, 3.63) is 88.5 Å². The number of rotatable bonds is 6. The number of hydrogen-bond acceptors (Lipinski definition) is 8. The molecule has 3 amide bonds. The predicted molar refractivity (Wildman–Crippen MR) is 139 cm³/mol. The van der Waals surface area contributed by atoms with Gasteiger partial charge in [-0.3, -0.25) is 19.7 Å². The van der Waals surface area contributed by atoms with Crippen LogP contribution in [0.4, 0.5) is 10.7 Å². The first-order valence-electron chi connectivity index (χ1n) is 11.9. The predicted octanol–water partition coefficient (Wildman–Crippen LogP) is 3.34. The normalized spacial score (nSPS) is 19.0. The zero-order valence-electron chi connectivity index (χ0n) is 19.8. The van der Waals surface area contributed by atoms with Crippen LogP contribution < -0.4 is 15.0 Å². The van der Waals surface area contributed by atoms with Gasteiger partial charge in [0.05, 0.1) is 10.6 Å². The van der Waals surface area contributed by atoms with Crippen LogP contribution in [0.15, 0.2) is 71.6 Å². The molecule has 37 heavy (non-hydrogen) atoms. The maximum absolute atomic E-state index is 12.7. The summed E-state index contributed by atoms with van der Waals surface area (Å²) in [5, 5.41) is 1.85. The minimum Gasteiger partial charge on any atom is -0.473 e. The van der Waals surface area contributed by atoms with Crippen molar-refractivity contribution in [3.8, 4) is 5.88 Å². The van der Waals surface area contributed by atoms with Crippen molar-refractivity contribution in [2.75, 3.05) is 31.1 Å². The van der Waals surface area contributed by atoms with Gasteiger partial charge in [0.2, 0.25) is 11.8 Å². The molecule has 0 bridgehead atoms. The summed E-state index contributed by atoms with van der Waals surface area (Å²) in [5.74, 6) is 0.479. The van der Waals surface area contributed by atoms with E-state index >= 15 is 0 Å². The lowest BCUT2D eigenvalue weighted by atomic mass is 9.72. The highest BCUT2D eigenvalue weighted by Crippen LogP contribution is 2.42. The third-order valence-corrected chi connectivity index (χ3v) is 7.37. The Morgan fingerprint density at radius 3 is 2.38 bits per heavy atom. The Labute approximate surface area is 217 Å². The van der Waals surface area contributed by atoms with Crippen molar-refractivity contribution in [3.63, 3.8) is 0 Å². The SMILES string of the molecule is O=C1NC(=O)C(=Cc2cc(OCc3ccccc3)nc(N3CC4(CN(C(=O)c5ccccc5)C4)C3)n2)S1. The highest BCUT2D eigenvalue weighted by atomic mass is 32.2. The molecule has 186 valence electrons. The first-order valence-corrected chi connectivity index (χ1v) is 12.7. The summed E-state index contributed by atoms with van der Waals surface area (Å²) in [5.41, 5.74) is 2.21. The van der Waals surface area contributed by atoms with Crippen molar-refractivity contribution in [2.45, 2.75) is 6.61 Å². The number of ether oxygens (including phenoxy) is 1. The van der Waals surface area contributed by atoms with Crippen LogP contribution in [0.25, 0.3) is 6.08 Å². The van der Waals surface area contributed by atoms with E-state index in [0.29, 0.717) is 42.8 Å². The number of likely N-dealkylation sites (tertiary alicyclic amines) is 1. The van der Waals surface area contributed by atoms with Gasteiger partial charge in [-0.2, -0.15) is 4.98 Å². The number of carbonyl (C=O) groups excluding carboxylic acids is 3. The molecule has 1 aromatic heterocycles. The van der Waals surface area contributed by atoms with Gasteiger partial charge in [0.25, 0.3) is 17.1 Å². The van der Waals surface area contributed by atoms with Crippen LogP contribution >= 0.6 is 11.8 Å². The van der Waals surface area contributed by atoms with Crippen molar-refractivity contribution >= 4 is 40.8 Å². The van der Waals surface area contributed by atoms with E-state index in [9.17, 15) is 14.4 Å². The first kappa shape index (κ1) is 23.2. The van der Waals surface area contributed by atoms with Crippen molar-refractivity contribution < 1.29 is 19.1 Å². The van der Waals surface area contributed by atoms with Crippen LogP contribution in [-0.4, -0.2) is 58.1 Å². The second-order valence-electron chi connectivity index (χ2n) is 9.44. The van der Waals surface area contributed by atoms with E-state index in [2.05, 4.69) is 20.2 Å². The molecular weight excluding hydrogens is 490 g/mol. The van der Waals surface area contributed by atoms with E-state index in [1.807, 2.05) is 65.6 Å². The number of aromatic nitrogens is 2. The zero-order chi connectivity index (χ0) is 25.4. The van der Waals surface area contributed by atoms with E-state index in [1.165, 1.54) is 0 Å². The van der Waals surface area contributed by atoms with Crippen molar-refractivity contribution in [1.29, 1.82) is 0 Å². The Balaban J connectivity index is 1.17. The zero-order valence-corrected chi connectivity index (χ0v) is 20.6. The molecular formula is C27H23N5O4S. The van der Waals surface area contributed by atoms with Gasteiger partial charge >= 0.3 is 0 Å². The number of nitrogens with zero attached hydrogens (tertiary/aromatic N) is 4. The van der Waals surface area contributed by atoms with Gasteiger partial charge in [-0.15, -0.1) is 0 Å². The molecule has 0 atom stereocenters. The van der Waals surface area contributed by atoms with Crippen LogP contribution in [-0.2, 0) is 11.4 Å². The number of hydrogen-bond donors (Lipinski definition) is 1. The summed E-state index contributed by atoms with van der Waals surface area (Å²) in [4.78, 5) is 49.8. The van der Waals surface area contributed by atoms with E-state index in [0.717, 1.165) is 30.4 Å². The summed E-state index contributed by atoms with van der Waals surface area (Å²) < 4.78 is 5.96. The lowest BCUT2D eigenvalue weighted by Crippen LogP contribution is -2.73. The minimum absolute atomic E-state index is 0.0287. The molecule has 0 radical (unpaired) electrons. The van der Waals surface area contributed by atoms with Crippen molar-refractivity contribution in [1.82, 2.24) is 20.2 Å². The van der Waals surface area contributed by atoms with Gasteiger partial charge in [-0.1, -0.05) is 48.5 Å². The molecule has 3 saturated heterocycles. The summed E-state index contributed by atoms with van der Waals surface area (Å²) in [6.07, 6.45) is 1.57. The second-order valence-corrected chi connectivity index (χ2v) is 10.5. The fourth-order valence-corrected chi connectivity index (χ4v) is 5.45. The Morgan fingerprint density at radius 2 is 1.70 bits per heavy atom. The van der Waals surface area contributed by atoms with E-state index in [-0.39, 0.29) is 16.2 Å². The molecule has 0 aliphatic carbocycles. The molecule has 3 fully saturated rings. The number of amides is 3. The first-order chi connectivity index (χ1) is 18.0. The van der Waals surface area contributed by atoms with E-state index < -0.39 is 11.1 Å². The van der Waals surface area contributed by atoms with Gasteiger partial charge in [0, 0.05) is 43.2 Å². The lowest BCUT2D eigenvalue weighted by molar-refractivity contribution is -0.115. The Bertz CT molecular complexity index is 1400. The fourth-order valence-electron chi connectivity index (χ4n) is 4.78. The molecule has 0 saturated carbocycles. The van der Waals surface area contributed by atoms with E-state index in [4.69, 9.17) is 4.74 Å². The number of thioether (sulfide) groups is 1. The highest BCUT2D eigenvalue weighted by Gasteiger charge is 2.54. The minimum atomic E-state index is -0.442. The largest absolute Gasteiger partial charge is 0.473 e. The molecule has 2 aromatic carbocycles. The number of benzene rings is 2. The Hall–Kier alpha value is -4.18. The van der Waals surface area contributed by atoms with Crippen LogP contribution in [0.2, 0.25) is 0 Å². The Morgan fingerprint density at radius 1 is 1.00 bits per heavy atom. The highest BCUT2D eigenvalue weighted by molar-refractivity contribution is 8.18. The standard InChI is InChI=1S/C27H23N5O4S/c33-23-21(37-26(35)30-23)11-20-12-22(36-13-18-7-3-1-4-8-18)29-25(28-20)32-16-27(17-32)14-31(15-27)24(34)19-9-5-2-6-10-19/h1-12H,13-17H2,(H,30,33,35). The second kappa shape index (κ2) is 9.36. The van der Waals surface area contributed by atoms with Gasteiger partial charge < -0.3 is 14.5 Å². The monoisotopic (exact) mass is 513 g/mol. The topological polar surface area (TPSA) is 105 Å². The number of carbonyl (C=O) groups is 3. The third kappa shape index (κ3) is 4.79. The van der Waals surface area contributed by atoms with Crippen LogP contribution in [0, 0.1) is 5.41 Å². The summed E-state index contributed by atoms with van der Waals surface area (Å²) in [7, 11) is 0. The Kier molecular flexibility index (Phi) is 5.88. The molecule has 10 heteroatoms. The van der Waals surface area contributed by atoms with Crippen LogP contribution in [0.5, 0.6) is 5.88 Å². The molecule has 4 heterocycles. The quantitative estimate of drug-likeness (QED) is 0.501. The van der Waals surface area contributed by atoms with Gasteiger partial charge in [-0.25, -0.2) is 4.98 Å². The lowest BCUT2D eigenvalue weighted by Gasteiger charge is -2.60. The molecule has 0 unspecified atom stereocenters. The van der Waals surface area contributed by atoms with Gasteiger partial charge in [0.15, 0.2) is 0 Å². The fraction of sp³-hybridized carbons (Fsp3) is 0.222. The van der Waals surface area contributed by atoms with E-state index in [1.54, 1.807) is 12.1 Å². The number of nitrogens with one attached hydrogen (secondary N) is 1. The molecule has 3 aliphatic rings. The average molecular weight is 514 g/mol. The van der Waals surface area contributed by atoms with Crippen LogP contribution in [0.1, 0.15) is 21.6 Å². The molecule has 3 aromatic rings. The summed E-state index contributed by atoms with van der Waals surface area (Å²) in [6.45, 7) is 3.16. The third-order valence-electron chi connectivity index (χ3n) is 6.56.